The molecule has 0 saturated heterocycles. The monoisotopic (exact) mass is 448 g/mol. The van der Waals surface area contributed by atoms with Gasteiger partial charge >= 0.3 is 5.69 Å². The second-order valence-corrected chi connectivity index (χ2v) is 7.36. The number of aromatic nitrogens is 4. The highest BCUT2D eigenvalue weighted by molar-refractivity contribution is 5.55. The summed E-state index contributed by atoms with van der Waals surface area (Å²) in [6, 6.07) is 21.1. The lowest BCUT2D eigenvalue weighted by Crippen LogP contribution is -2.27. The Kier molecular flexibility index (Phi) is 7.13. The molecule has 0 fully saturated rings. The summed E-state index contributed by atoms with van der Waals surface area (Å²) in [5.41, 5.74) is 1.81. The van der Waals surface area contributed by atoms with Gasteiger partial charge in [0.05, 0.1) is 25.5 Å². The summed E-state index contributed by atoms with van der Waals surface area (Å²) in [5, 5.41) is 25.3. The van der Waals surface area contributed by atoms with Crippen molar-refractivity contribution in [2.45, 2.75) is 25.9 Å². The number of benzene rings is 2. The van der Waals surface area contributed by atoms with Crippen LogP contribution in [0.1, 0.15) is 11.1 Å². The van der Waals surface area contributed by atoms with Crippen LogP contribution < -0.4 is 15.2 Å². The molecule has 2 aromatic carbocycles. The van der Waals surface area contributed by atoms with Gasteiger partial charge in [0, 0.05) is 6.07 Å². The number of nitrogens with one attached hydrogen (secondary N) is 1. The minimum atomic E-state index is -1.11. The highest BCUT2D eigenvalue weighted by atomic mass is 16.5. The third-order valence-corrected chi connectivity index (χ3v) is 4.90. The molecule has 0 aliphatic heterocycles. The van der Waals surface area contributed by atoms with Crippen molar-refractivity contribution in [2.24, 2.45) is 0 Å². The molecule has 0 radical (unpaired) electrons. The Morgan fingerprint density at radius 1 is 0.939 bits per heavy atom. The van der Waals surface area contributed by atoms with Crippen LogP contribution in [-0.4, -0.2) is 42.7 Å². The molecule has 9 heteroatoms. The summed E-state index contributed by atoms with van der Waals surface area (Å²) in [6.07, 6.45) is 0.409. The highest BCUT2D eigenvalue weighted by Gasteiger charge is 2.18. The standard InChI is InChI=1S/C24H24N4O5/c29-14-19(30)13-28-23(26-27-24(28)31)20-11-21(32-15-17-7-3-1-4-8-17)22(12-25-20)33-16-18-9-5-2-6-10-18/h1-12,19,29-30H,13-16H2,(H,27,31)/t19-/m0/s1. The van der Waals surface area contributed by atoms with Gasteiger partial charge in [-0.1, -0.05) is 60.7 Å². The van der Waals surface area contributed by atoms with E-state index in [0.717, 1.165) is 11.1 Å². The first-order valence-electron chi connectivity index (χ1n) is 10.4. The molecule has 9 nitrogen and oxygen atoms in total. The Bertz CT molecular complexity index is 1220. The van der Waals surface area contributed by atoms with Gasteiger partial charge in [-0.3, -0.25) is 4.57 Å². The number of nitrogens with zero attached hydrogens (tertiary/aromatic N) is 3. The van der Waals surface area contributed by atoms with E-state index >= 15 is 0 Å². The van der Waals surface area contributed by atoms with E-state index in [1.54, 1.807) is 6.07 Å². The van der Waals surface area contributed by atoms with Crippen molar-refractivity contribution < 1.29 is 19.7 Å². The number of ether oxygens (including phenoxy) is 2. The molecule has 0 aliphatic carbocycles. The quantitative estimate of drug-likeness (QED) is 0.340. The normalized spacial score (nSPS) is 11.8. The Hall–Kier alpha value is -3.95. The van der Waals surface area contributed by atoms with E-state index < -0.39 is 18.4 Å². The maximum Gasteiger partial charge on any atom is 0.343 e. The Morgan fingerprint density at radius 2 is 1.55 bits per heavy atom. The topological polar surface area (TPSA) is 122 Å². The molecule has 33 heavy (non-hydrogen) atoms. The van der Waals surface area contributed by atoms with Crippen LogP contribution in [0.25, 0.3) is 11.5 Å². The molecule has 3 N–H and O–H groups in total. The van der Waals surface area contributed by atoms with Crippen molar-refractivity contribution in [3.8, 4) is 23.0 Å². The smallest absolute Gasteiger partial charge is 0.343 e. The van der Waals surface area contributed by atoms with Crippen molar-refractivity contribution in [1.82, 2.24) is 19.7 Å². The summed E-state index contributed by atoms with van der Waals surface area (Å²) < 4.78 is 13.2. The van der Waals surface area contributed by atoms with Gasteiger partial charge in [0.2, 0.25) is 0 Å². The third-order valence-electron chi connectivity index (χ3n) is 4.90. The molecule has 170 valence electrons. The van der Waals surface area contributed by atoms with Gasteiger partial charge < -0.3 is 19.7 Å². The lowest BCUT2D eigenvalue weighted by molar-refractivity contribution is 0.0807. The Morgan fingerprint density at radius 3 is 2.15 bits per heavy atom. The summed E-state index contributed by atoms with van der Waals surface area (Å²) in [7, 11) is 0. The maximum atomic E-state index is 12.2. The van der Waals surface area contributed by atoms with Crippen LogP contribution in [0.5, 0.6) is 11.5 Å². The lowest BCUT2D eigenvalue weighted by Gasteiger charge is -2.14. The number of aromatic amines is 1. The molecule has 4 rings (SSSR count). The number of aliphatic hydroxyl groups excluding tert-OH is 2. The molecule has 1 atom stereocenters. The first kappa shape index (κ1) is 22.3. The zero-order valence-electron chi connectivity index (χ0n) is 17.8. The molecule has 0 bridgehead atoms. The van der Waals surface area contributed by atoms with Gasteiger partial charge in [0.25, 0.3) is 0 Å². The zero-order chi connectivity index (χ0) is 23.0. The van der Waals surface area contributed by atoms with E-state index in [2.05, 4.69) is 15.2 Å². The molecule has 0 amide bonds. The van der Waals surface area contributed by atoms with E-state index in [0.29, 0.717) is 30.4 Å². The number of aliphatic hydroxyl groups is 2. The van der Waals surface area contributed by atoms with Crippen LogP contribution in [0.4, 0.5) is 0 Å². The lowest BCUT2D eigenvalue weighted by atomic mass is 10.2. The van der Waals surface area contributed by atoms with Gasteiger partial charge in [-0.25, -0.2) is 14.9 Å². The van der Waals surface area contributed by atoms with Gasteiger partial charge in [0.15, 0.2) is 17.3 Å². The molecule has 0 spiro atoms. The predicted octanol–water partition coefficient (Wildman–Crippen LogP) is 2.14. The average molecular weight is 448 g/mol. The Labute approximate surface area is 189 Å². The van der Waals surface area contributed by atoms with Crippen LogP contribution in [0, 0.1) is 0 Å². The second-order valence-electron chi connectivity index (χ2n) is 7.36. The van der Waals surface area contributed by atoms with Crippen LogP contribution in [0.15, 0.2) is 77.7 Å². The fraction of sp³-hybridized carbons (Fsp3) is 0.208. The molecular weight excluding hydrogens is 424 g/mol. The average Bonchev–Trinajstić information content (AvgIpc) is 3.22. The zero-order valence-corrected chi connectivity index (χ0v) is 17.8. The van der Waals surface area contributed by atoms with E-state index in [1.807, 2.05) is 60.7 Å². The fourth-order valence-electron chi connectivity index (χ4n) is 3.19. The van der Waals surface area contributed by atoms with Crippen LogP contribution in [0.2, 0.25) is 0 Å². The van der Waals surface area contributed by atoms with Crippen molar-refractivity contribution in [3.05, 3.63) is 94.5 Å². The molecule has 2 aromatic heterocycles. The van der Waals surface area contributed by atoms with Crippen molar-refractivity contribution in [1.29, 1.82) is 0 Å². The molecule has 0 aliphatic rings. The SMILES string of the molecule is O=c1[nH]nc(-c2cc(OCc3ccccc3)c(OCc3ccccc3)cn2)n1C[C@H](O)CO. The second kappa shape index (κ2) is 10.6. The number of hydrogen-bond donors (Lipinski definition) is 3. The minimum absolute atomic E-state index is 0.130. The summed E-state index contributed by atoms with van der Waals surface area (Å²) in [6.45, 7) is 0.0272. The largest absolute Gasteiger partial charge is 0.485 e. The molecule has 0 saturated carbocycles. The first-order chi connectivity index (χ1) is 16.1. The number of H-pyrrole nitrogens is 1. The highest BCUT2D eigenvalue weighted by Crippen LogP contribution is 2.31. The van der Waals surface area contributed by atoms with Gasteiger partial charge in [-0.05, 0) is 11.1 Å². The summed E-state index contributed by atoms with van der Waals surface area (Å²) in [4.78, 5) is 16.5. The number of hydrogen-bond acceptors (Lipinski definition) is 7. The number of rotatable bonds is 10. The van der Waals surface area contributed by atoms with E-state index in [4.69, 9.17) is 14.6 Å². The van der Waals surface area contributed by atoms with E-state index in [1.165, 1.54) is 10.8 Å². The molecule has 2 heterocycles. The van der Waals surface area contributed by atoms with E-state index in [9.17, 15) is 9.90 Å². The minimum Gasteiger partial charge on any atom is -0.485 e. The first-order valence-corrected chi connectivity index (χ1v) is 10.4. The van der Waals surface area contributed by atoms with Crippen molar-refractivity contribution >= 4 is 0 Å². The van der Waals surface area contributed by atoms with Gasteiger partial charge in [0.1, 0.15) is 18.9 Å². The molecule has 4 aromatic rings. The van der Waals surface area contributed by atoms with Gasteiger partial charge in [-0.15, -0.1) is 0 Å². The summed E-state index contributed by atoms with van der Waals surface area (Å²) in [5.74, 6) is 1.09. The van der Waals surface area contributed by atoms with Crippen molar-refractivity contribution in [2.75, 3.05) is 6.61 Å². The van der Waals surface area contributed by atoms with Crippen LogP contribution >= 0.6 is 0 Å². The van der Waals surface area contributed by atoms with Gasteiger partial charge in [-0.2, -0.15) is 5.10 Å². The third kappa shape index (κ3) is 5.65. The predicted molar refractivity (Wildman–Crippen MR) is 121 cm³/mol. The van der Waals surface area contributed by atoms with Crippen LogP contribution in [0.3, 0.4) is 0 Å². The molecular formula is C24H24N4O5. The van der Waals surface area contributed by atoms with Crippen LogP contribution in [-0.2, 0) is 19.8 Å². The van der Waals surface area contributed by atoms with Crippen molar-refractivity contribution in [3.63, 3.8) is 0 Å². The van der Waals surface area contributed by atoms with E-state index in [-0.39, 0.29) is 12.4 Å². The maximum absolute atomic E-state index is 12.2. The number of pyridine rings is 1. The Balaban J connectivity index is 1.63. The molecule has 0 unspecified atom stereocenters. The summed E-state index contributed by atoms with van der Waals surface area (Å²) >= 11 is 0. The fourth-order valence-corrected chi connectivity index (χ4v) is 3.19.